The topological polar surface area (TPSA) is 26.3 Å². The van der Waals surface area contributed by atoms with Crippen LogP contribution < -0.4 is 0 Å². The van der Waals surface area contributed by atoms with Crippen molar-refractivity contribution in [3.05, 3.63) is 0 Å². The maximum absolute atomic E-state index is 11.8. The lowest BCUT2D eigenvalue weighted by atomic mass is 9.90. The molecule has 82 valence electrons. The van der Waals surface area contributed by atoms with E-state index in [1.165, 1.54) is 12.8 Å². The summed E-state index contributed by atoms with van der Waals surface area (Å²) in [7, 11) is 0. The molecule has 0 spiro atoms. The molecular formula is C12H22O2. The molecule has 1 rings (SSSR count). The van der Waals surface area contributed by atoms with Crippen LogP contribution in [-0.2, 0) is 9.53 Å². The van der Waals surface area contributed by atoms with Gasteiger partial charge < -0.3 is 4.74 Å². The van der Waals surface area contributed by atoms with Gasteiger partial charge in [-0.1, -0.05) is 13.8 Å². The van der Waals surface area contributed by atoms with Crippen molar-refractivity contribution in [3.63, 3.8) is 0 Å². The number of esters is 1. The van der Waals surface area contributed by atoms with E-state index in [0.29, 0.717) is 5.92 Å². The van der Waals surface area contributed by atoms with Crippen LogP contribution in [0, 0.1) is 11.3 Å². The minimum atomic E-state index is -0.317. The Morgan fingerprint density at radius 1 is 1.43 bits per heavy atom. The Morgan fingerprint density at radius 2 is 2.07 bits per heavy atom. The number of rotatable bonds is 3. The molecule has 0 aromatic rings. The summed E-state index contributed by atoms with van der Waals surface area (Å²) in [5.41, 5.74) is -0.317. The Kier molecular flexibility index (Phi) is 3.57. The number of carbonyl (C=O) groups is 1. The molecule has 0 aromatic heterocycles. The summed E-state index contributed by atoms with van der Waals surface area (Å²) in [6, 6.07) is 0. The Hall–Kier alpha value is -0.530. The molecule has 2 unspecified atom stereocenters. The molecule has 14 heavy (non-hydrogen) atoms. The molecule has 0 radical (unpaired) electrons. The first kappa shape index (κ1) is 11.5. The molecular weight excluding hydrogens is 176 g/mol. The zero-order valence-corrected chi connectivity index (χ0v) is 9.80. The van der Waals surface area contributed by atoms with E-state index in [4.69, 9.17) is 4.74 Å². The van der Waals surface area contributed by atoms with Gasteiger partial charge in [-0.15, -0.1) is 0 Å². The summed E-state index contributed by atoms with van der Waals surface area (Å²) in [4.78, 5) is 11.8. The Labute approximate surface area is 87.0 Å². The molecule has 1 saturated carbocycles. The van der Waals surface area contributed by atoms with Gasteiger partial charge in [0.25, 0.3) is 0 Å². The lowest BCUT2D eigenvalue weighted by molar-refractivity contribution is -0.161. The molecule has 1 aliphatic carbocycles. The van der Waals surface area contributed by atoms with Gasteiger partial charge in [-0.05, 0) is 45.4 Å². The molecule has 0 heterocycles. The molecule has 0 saturated heterocycles. The summed E-state index contributed by atoms with van der Waals surface area (Å²) >= 11 is 0. The minimum absolute atomic E-state index is 0.0289. The fourth-order valence-corrected chi connectivity index (χ4v) is 1.73. The molecule has 0 aromatic carbocycles. The molecule has 0 amide bonds. The Morgan fingerprint density at radius 3 is 2.50 bits per heavy atom. The van der Waals surface area contributed by atoms with Crippen LogP contribution >= 0.6 is 0 Å². The summed E-state index contributed by atoms with van der Waals surface area (Å²) in [6.45, 7) is 8.10. The quantitative estimate of drug-likeness (QED) is 0.651. The third kappa shape index (κ3) is 2.49. The first-order valence-corrected chi connectivity index (χ1v) is 5.68. The van der Waals surface area contributed by atoms with Crippen molar-refractivity contribution in [2.24, 2.45) is 11.3 Å². The highest BCUT2D eigenvalue weighted by molar-refractivity contribution is 5.76. The van der Waals surface area contributed by atoms with Gasteiger partial charge in [0.2, 0.25) is 0 Å². The third-order valence-corrected chi connectivity index (χ3v) is 3.48. The van der Waals surface area contributed by atoms with E-state index in [9.17, 15) is 4.79 Å². The van der Waals surface area contributed by atoms with Crippen LogP contribution in [0.3, 0.4) is 0 Å². The number of carbonyl (C=O) groups excluding carboxylic acids is 1. The van der Waals surface area contributed by atoms with E-state index in [2.05, 4.69) is 6.92 Å². The number of hydrogen-bond acceptors (Lipinski definition) is 2. The molecule has 0 bridgehead atoms. The van der Waals surface area contributed by atoms with Crippen LogP contribution in [0.25, 0.3) is 0 Å². The average molecular weight is 198 g/mol. The Bertz CT molecular complexity index is 208. The Balaban J connectivity index is 2.48. The highest BCUT2D eigenvalue weighted by Crippen LogP contribution is 2.30. The first-order valence-electron chi connectivity index (χ1n) is 5.68. The summed E-state index contributed by atoms with van der Waals surface area (Å²) < 4.78 is 5.54. The summed E-state index contributed by atoms with van der Waals surface area (Å²) in [6.07, 6.45) is 4.46. The molecule has 2 atom stereocenters. The molecule has 1 aliphatic rings. The monoisotopic (exact) mass is 198 g/mol. The minimum Gasteiger partial charge on any atom is -0.462 e. The third-order valence-electron chi connectivity index (χ3n) is 3.48. The predicted octanol–water partition coefficient (Wildman–Crippen LogP) is 3.15. The van der Waals surface area contributed by atoms with Gasteiger partial charge in [0, 0.05) is 0 Å². The van der Waals surface area contributed by atoms with Gasteiger partial charge in [-0.2, -0.15) is 0 Å². The lowest BCUT2D eigenvalue weighted by Gasteiger charge is -2.25. The van der Waals surface area contributed by atoms with Crippen molar-refractivity contribution < 1.29 is 9.53 Å². The van der Waals surface area contributed by atoms with Crippen molar-refractivity contribution in [1.29, 1.82) is 0 Å². The number of ether oxygens (including phenoxy) is 1. The summed E-state index contributed by atoms with van der Waals surface area (Å²) in [5, 5.41) is 0. The summed E-state index contributed by atoms with van der Waals surface area (Å²) in [5.74, 6) is 0.519. The van der Waals surface area contributed by atoms with Crippen molar-refractivity contribution in [3.8, 4) is 0 Å². The molecule has 0 N–H and O–H groups in total. The van der Waals surface area contributed by atoms with Gasteiger partial charge in [0.15, 0.2) is 0 Å². The zero-order valence-electron chi connectivity index (χ0n) is 9.80. The van der Waals surface area contributed by atoms with Crippen molar-refractivity contribution in [2.45, 2.75) is 59.5 Å². The van der Waals surface area contributed by atoms with Crippen LogP contribution in [0.5, 0.6) is 0 Å². The van der Waals surface area contributed by atoms with Crippen LogP contribution in [0.2, 0.25) is 0 Å². The maximum Gasteiger partial charge on any atom is 0.311 e. The largest absolute Gasteiger partial charge is 0.462 e. The van der Waals surface area contributed by atoms with E-state index in [-0.39, 0.29) is 17.5 Å². The molecule has 1 fully saturated rings. The zero-order chi connectivity index (χ0) is 10.8. The van der Waals surface area contributed by atoms with Gasteiger partial charge in [-0.3, -0.25) is 4.79 Å². The molecule has 0 aliphatic heterocycles. The second-order valence-electron chi connectivity index (χ2n) is 5.09. The fourth-order valence-electron chi connectivity index (χ4n) is 1.73. The SMILES string of the molecule is CCC(C)(C)C(=O)OC1CCCC1C. The van der Waals surface area contributed by atoms with Crippen molar-refractivity contribution >= 4 is 5.97 Å². The maximum atomic E-state index is 11.8. The van der Waals surface area contributed by atoms with E-state index >= 15 is 0 Å². The van der Waals surface area contributed by atoms with Crippen LogP contribution in [0.15, 0.2) is 0 Å². The van der Waals surface area contributed by atoms with E-state index in [0.717, 1.165) is 12.8 Å². The lowest BCUT2D eigenvalue weighted by Crippen LogP contribution is -2.31. The van der Waals surface area contributed by atoms with Crippen molar-refractivity contribution in [1.82, 2.24) is 0 Å². The normalized spacial score (nSPS) is 27.7. The van der Waals surface area contributed by atoms with E-state index in [1.54, 1.807) is 0 Å². The van der Waals surface area contributed by atoms with Crippen molar-refractivity contribution in [2.75, 3.05) is 0 Å². The van der Waals surface area contributed by atoms with Crippen LogP contribution in [-0.4, -0.2) is 12.1 Å². The average Bonchev–Trinajstić information content (AvgIpc) is 2.52. The fraction of sp³-hybridized carbons (Fsp3) is 0.917. The highest BCUT2D eigenvalue weighted by atomic mass is 16.5. The van der Waals surface area contributed by atoms with Gasteiger partial charge in [0.1, 0.15) is 6.10 Å². The van der Waals surface area contributed by atoms with E-state index in [1.807, 2.05) is 20.8 Å². The smallest absolute Gasteiger partial charge is 0.311 e. The first-order chi connectivity index (χ1) is 6.47. The van der Waals surface area contributed by atoms with E-state index < -0.39 is 0 Å². The standard InChI is InChI=1S/C12H22O2/c1-5-12(3,4)11(13)14-10-8-6-7-9(10)2/h9-10H,5-8H2,1-4H3. The second-order valence-corrected chi connectivity index (χ2v) is 5.09. The van der Waals surface area contributed by atoms with Gasteiger partial charge in [0.05, 0.1) is 5.41 Å². The highest BCUT2D eigenvalue weighted by Gasteiger charge is 2.33. The van der Waals surface area contributed by atoms with Gasteiger partial charge in [-0.25, -0.2) is 0 Å². The van der Waals surface area contributed by atoms with Crippen LogP contribution in [0.1, 0.15) is 53.4 Å². The predicted molar refractivity (Wildman–Crippen MR) is 57.0 cm³/mol. The molecule has 2 nitrogen and oxygen atoms in total. The second kappa shape index (κ2) is 4.33. The molecule has 2 heteroatoms. The van der Waals surface area contributed by atoms with Crippen LogP contribution in [0.4, 0.5) is 0 Å². The van der Waals surface area contributed by atoms with Gasteiger partial charge >= 0.3 is 5.97 Å². The number of hydrogen-bond donors (Lipinski definition) is 0.